The summed E-state index contributed by atoms with van der Waals surface area (Å²) in [6.07, 6.45) is 2.94. The fourth-order valence-electron chi connectivity index (χ4n) is 2.66. The molecule has 0 aliphatic rings. The molecule has 2 N–H and O–H groups in total. The number of carboxylic acid groups (broad SMARTS) is 1. The molecule has 0 saturated heterocycles. The summed E-state index contributed by atoms with van der Waals surface area (Å²) in [7, 11) is 0. The first-order valence-corrected chi connectivity index (χ1v) is 8.23. The van der Waals surface area contributed by atoms with E-state index >= 15 is 0 Å². The molecule has 23 heavy (non-hydrogen) atoms. The Kier molecular flexibility index (Phi) is 6.82. The molecule has 0 saturated carbocycles. The van der Waals surface area contributed by atoms with Crippen molar-refractivity contribution >= 4 is 5.97 Å². The summed E-state index contributed by atoms with van der Waals surface area (Å²) in [4.78, 5) is 10.5. The Morgan fingerprint density at radius 3 is 2.26 bits per heavy atom. The highest BCUT2D eigenvalue weighted by molar-refractivity contribution is 5.66. The van der Waals surface area contributed by atoms with Crippen LogP contribution in [0.1, 0.15) is 48.4 Å². The fourth-order valence-corrected chi connectivity index (χ4v) is 2.66. The molecule has 0 spiro atoms. The molecule has 122 valence electrons. The van der Waals surface area contributed by atoms with Crippen LogP contribution in [0.2, 0.25) is 0 Å². The number of hydrogen-bond donors (Lipinski definition) is 2. The van der Waals surface area contributed by atoms with Crippen molar-refractivity contribution in [3.63, 3.8) is 0 Å². The zero-order valence-corrected chi connectivity index (χ0v) is 13.7. The summed E-state index contributed by atoms with van der Waals surface area (Å²) in [5.74, 6) is -0.709. The third kappa shape index (κ3) is 5.87. The van der Waals surface area contributed by atoms with E-state index in [0.717, 1.165) is 25.8 Å². The standard InChI is InChI=1S/C20H25NO2/c1-16-11-13-18(14-12-16)20(17-8-4-2-5-9-17)21-15-7-3-6-10-19(22)23/h2,4-5,8-9,11-14,20-21H,3,6-7,10,15H2,1H3,(H,22,23). The second-order valence-corrected chi connectivity index (χ2v) is 5.91. The molecule has 3 nitrogen and oxygen atoms in total. The van der Waals surface area contributed by atoms with Crippen LogP contribution < -0.4 is 5.32 Å². The summed E-state index contributed by atoms with van der Waals surface area (Å²) >= 11 is 0. The largest absolute Gasteiger partial charge is 0.481 e. The van der Waals surface area contributed by atoms with Gasteiger partial charge in [0.25, 0.3) is 0 Å². The molecule has 1 atom stereocenters. The van der Waals surface area contributed by atoms with E-state index in [1.165, 1.54) is 16.7 Å². The molecular formula is C20H25NO2. The van der Waals surface area contributed by atoms with E-state index in [1.807, 2.05) is 6.07 Å². The lowest BCUT2D eigenvalue weighted by atomic mass is 9.97. The predicted molar refractivity (Wildman–Crippen MR) is 93.6 cm³/mol. The molecule has 0 radical (unpaired) electrons. The highest BCUT2D eigenvalue weighted by Crippen LogP contribution is 2.22. The number of carbonyl (C=O) groups is 1. The van der Waals surface area contributed by atoms with Gasteiger partial charge in [0.2, 0.25) is 0 Å². The third-order valence-corrected chi connectivity index (χ3v) is 3.96. The van der Waals surface area contributed by atoms with Gasteiger partial charge in [0.05, 0.1) is 6.04 Å². The molecular weight excluding hydrogens is 286 g/mol. The van der Waals surface area contributed by atoms with Gasteiger partial charge in [-0.25, -0.2) is 0 Å². The van der Waals surface area contributed by atoms with Gasteiger partial charge in [0, 0.05) is 6.42 Å². The third-order valence-electron chi connectivity index (χ3n) is 3.96. The van der Waals surface area contributed by atoms with Gasteiger partial charge in [-0.15, -0.1) is 0 Å². The average Bonchev–Trinajstić information content (AvgIpc) is 2.56. The van der Waals surface area contributed by atoms with E-state index in [9.17, 15) is 4.79 Å². The van der Waals surface area contributed by atoms with Crippen molar-refractivity contribution in [2.24, 2.45) is 0 Å². The summed E-state index contributed by atoms with van der Waals surface area (Å²) in [5.41, 5.74) is 3.77. The van der Waals surface area contributed by atoms with Crippen molar-refractivity contribution in [3.8, 4) is 0 Å². The zero-order valence-electron chi connectivity index (χ0n) is 13.7. The number of benzene rings is 2. The monoisotopic (exact) mass is 311 g/mol. The maximum absolute atomic E-state index is 10.5. The lowest BCUT2D eigenvalue weighted by Gasteiger charge is -2.20. The normalized spacial score (nSPS) is 12.0. The van der Waals surface area contributed by atoms with Gasteiger partial charge in [-0.1, -0.05) is 66.6 Å². The Morgan fingerprint density at radius 1 is 0.957 bits per heavy atom. The number of hydrogen-bond acceptors (Lipinski definition) is 2. The van der Waals surface area contributed by atoms with E-state index in [4.69, 9.17) is 5.11 Å². The maximum atomic E-state index is 10.5. The van der Waals surface area contributed by atoms with Crippen molar-refractivity contribution in [2.75, 3.05) is 6.54 Å². The van der Waals surface area contributed by atoms with E-state index in [-0.39, 0.29) is 12.5 Å². The van der Waals surface area contributed by atoms with Crippen LogP contribution in [-0.4, -0.2) is 17.6 Å². The SMILES string of the molecule is Cc1ccc(C(NCCCCCC(=O)O)c2ccccc2)cc1. The first kappa shape index (κ1) is 17.2. The van der Waals surface area contributed by atoms with Crippen molar-refractivity contribution < 1.29 is 9.90 Å². The molecule has 0 amide bonds. The second kappa shape index (κ2) is 9.11. The highest BCUT2D eigenvalue weighted by atomic mass is 16.4. The summed E-state index contributed by atoms with van der Waals surface area (Å²) in [6, 6.07) is 19.2. The predicted octanol–water partition coefficient (Wildman–Crippen LogP) is 4.32. The first-order valence-electron chi connectivity index (χ1n) is 8.23. The van der Waals surface area contributed by atoms with Crippen LogP contribution in [0, 0.1) is 6.92 Å². The van der Waals surface area contributed by atoms with Crippen LogP contribution in [-0.2, 0) is 4.79 Å². The Balaban J connectivity index is 1.95. The number of aryl methyl sites for hydroxylation is 1. The van der Waals surface area contributed by atoms with Gasteiger partial charge in [-0.3, -0.25) is 4.79 Å². The molecule has 2 aromatic carbocycles. The van der Waals surface area contributed by atoms with Gasteiger partial charge in [0.1, 0.15) is 0 Å². The van der Waals surface area contributed by atoms with Crippen LogP contribution >= 0.6 is 0 Å². The number of aliphatic carboxylic acids is 1. The fraction of sp³-hybridized carbons (Fsp3) is 0.350. The highest BCUT2D eigenvalue weighted by Gasteiger charge is 2.12. The van der Waals surface area contributed by atoms with Gasteiger partial charge < -0.3 is 10.4 Å². The van der Waals surface area contributed by atoms with Crippen LogP contribution in [0.15, 0.2) is 54.6 Å². The zero-order chi connectivity index (χ0) is 16.5. The molecule has 0 fully saturated rings. The van der Waals surface area contributed by atoms with Crippen LogP contribution in [0.25, 0.3) is 0 Å². The minimum absolute atomic E-state index is 0.177. The van der Waals surface area contributed by atoms with Crippen LogP contribution in [0.5, 0.6) is 0 Å². The smallest absolute Gasteiger partial charge is 0.303 e. The average molecular weight is 311 g/mol. The van der Waals surface area contributed by atoms with Crippen LogP contribution in [0.3, 0.4) is 0 Å². The van der Waals surface area contributed by atoms with E-state index in [0.29, 0.717) is 0 Å². The van der Waals surface area contributed by atoms with Gasteiger partial charge >= 0.3 is 5.97 Å². The summed E-state index contributed by atoms with van der Waals surface area (Å²) in [5, 5.41) is 12.3. The van der Waals surface area contributed by atoms with Gasteiger partial charge in [-0.05, 0) is 37.4 Å². The molecule has 3 heteroatoms. The Labute approximate surface area is 138 Å². The number of carboxylic acids is 1. The second-order valence-electron chi connectivity index (χ2n) is 5.91. The van der Waals surface area contributed by atoms with E-state index in [2.05, 4.69) is 60.8 Å². The lowest BCUT2D eigenvalue weighted by molar-refractivity contribution is -0.137. The Morgan fingerprint density at radius 2 is 1.61 bits per heavy atom. The molecule has 0 aliphatic carbocycles. The van der Waals surface area contributed by atoms with Gasteiger partial charge in [-0.2, -0.15) is 0 Å². The molecule has 2 rings (SSSR count). The Bertz CT molecular complexity index is 593. The van der Waals surface area contributed by atoms with E-state index in [1.54, 1.807) is 0 Å². The first-order chi connectivity index (χ1) is 11.2. The lowest BCUT2D eigenvalue weighted by Crippen LogP contribution is -2.23. The summed E-state index contributed by atoms with van der Waals surface area (Å²) < 4.78 is 0. The number of rotatable bonds is 9. The molecule has 0 bridgehead atoms. The minimum atomic E-state index is -0.709. The quantitative estimate of drug-likeness (QED) is 0.678. The Hall–Kier alpha value is -2.13. The van der Waals surface area contributed by atoms with E-state index < -0.39 is 5.97 Å². The molecule has 0 heterocycles. The van der Waals surface area contributed by atoms with Crippen molar-refractivity contribution in [2.45, 2.75) is 38.6 Å². The topological polar surface area (TPSA) is 49.3 Å². The van der Waals surface area contributed by atoms with Crippen molar-refractivity contribution in [1.29, 1.82) is 0 Å². The maximum Gasteiger partial charge on any atom is 0.303 e. The minimum Gasteiger partial charge on any atom is -0.481 e. The number of nitrogens with one attached hydrogen (secondary N) is 1. The number of unbranched alkanes of at least 4 members (excludes halogenated alkanes) is 2. The van der Waals surface area contributed by atoms with Crippen LogP contribution in [0.4, 0.5) is 0 Å². The van der Waals surface area contributed by atoms with Crippen molar-refractivity contribution in [3.05, 3.63) is 71.3 Å². The molecule has 2 aromatic rings. The molecule has 1 unspecified atom stereocenters. The summed E-state index contributed by atoms with van der Waals surface area (Å²) in [6.45, 7) is 2.98. The van der Waals surface area contributed by atoms with Gasteiger partial charge in [0.15, 0.2) is 0 Å². The molecule has 0 aromatic heterocycles. The van der Waals surface area contributed by atoms with Crippen molar-refractivity contribution in [1.82, 2.24) is 5.32 Å². The molecule has 0 aliphatic heterocycles.